The SMILES string of the molecule is CC(C)COc1ccc(CCNC(=O)NCC2(O)CCC2)cc1. The van der Waals surface area contributed by atoms with Crippen molar-refractivity contribution in [3.05, 3.63) is 29.8 Å². The third-order valence-electron chi connectivity index (χ3n) is 4.07. The maximum atomic E-state index is 11.7. The van der Waals surface area contributed by atoms with Gasteiger partial charge in [0.25, 0.3) is 0 Å². The summed E-state index contributed by atoms with van der Waals surface area (Å²) >= 11 is 0. The summed E-state index contributed by atoms with van der Waals surface area (Å²) in [5.41, 5.74) is 0.475. The number of carbonyl (C=O) groups excluding carboxylic acids is 1. The number of hydrogen-bond acceptors (Lipinski definition) is 3. The topological polar surface area (TPSA) is 70.6 Å². The van der Waals surface area contributed by atoms with Crippen LogP contribution in [0.2, 0.25) is 0 Å². The average Bonchev–Trinajstić information content (AvgIpc) is 2.50. The molecule has 128 valence electrons. The molecule has 5 nitrogen and oxygen atoms in total. The van der Waals surface area contributed by atoms with Crippen molar-refractivity contribution in [3.63, 3.8) is 0 Å². The van der Waals surface area contributed by atoms with Crippen molar-refractivity contribution in [2.45, 2.75) is 45.1 Å². The summed E-state index contributed by atoms with van der Waals surface area (Å²) in [6.45, 7) is 5.86. The van der Waals surface area contributed by atoms with Gasteiger partial charge in [-0.2, -0.15) is 0 Å². The molecule has 0 radical (unpaired) electrons. The fourth-order valence-corrected chi connectivity index (χ4v) is 2.40. The lowest BCUT2D eigenvalue weighted by Crippen LogP contribution is -2.50. The molecule has 0 heterocycles. The molecule has 1 aliphatic carbocycles. The van der Waals surface area contributed by atoms with Crippen LogP contribution in [0.5, 0.6) is 5.75 Å². The minimum absolute atomic E-state index is 0.220. The highest BCUT2D eigenvalue weighted by Gasteiger charge is 2.34. The second-order valence-corrected chi connectivity index (χ2v) is 6.79. The molecular formula is C18H28N2O3. The zero-order chi connectivity index (χ0) is 16.7. The molecule has 1 saturated carbocycles. The Balaban J connectivity index is 1.62. The molecular weight excluding hydrogens is 292 g/mol. The van der Waals surface area contributed by atoms with Crippen LogP contribution in [0.3, 0.4) is 0 Å². The largest absolute Gasteiger partial charge is 0.493 e. The molecule has 0 aliphatic heterocycles. The van der Waals surface area contributed by atoms with Crippen LogP contribution in [-0.4, -0.2) is 36.4 Å². The highest BCUT2D eigenvalue weighted by Crippen LogP contribution is 2.30. The van der Waals surface area contributed by atoms with Gasteiger partial charge < -0.3 is 20.5 Å². The first-order valence-corrected chi connectivity index (χ1v) is 8.43. The van der Waals surface area contributed by atoms with Crippen molar-refractivity contribution in [1.82, 2.24) is 10.6 Å². The van der Waals surface area contributed by atoms with Crippen LogP contribution in [0.1, 0.15) is 38.7 Å². The summed E-state index contributed by atoms with van der Waals surface area (Å²) < 4.78 is 5.64. The first kappa shape index (κ1) is 17.6. The Morgan fingerprint density at radius 3 is 2.52 bits per heavy atom. The summed E-state index contributed by atoms with van der Waals surface area (Å²) in [6.07, 6.45) is 3.36. The van der Waals surface area contributed by atoms with Crippen molar-refractivity contribution < 1.29 is 14.6 Å². The number of carbonyl (C=O) groups is 1. The normalized spacial score (nSPS) is 15.8. The Bertz CT molecular complexity index is 495. The summed E-state index contributed by atoms with van der Waals surface area (Å²) in [5.74, 6) is 1.39. The Kier molecular flexibility index (Phi) is 6.28. The number of nitrogens with one attached hydrogen (secondary N) is 2. The van der Waals surface area contributed by atoms with Crippen LogP contribution in [0.15, 0.2) is 24.3 Å². The van der Waals surface area contributed by atoms with E-state index in [-0.39, 0.29) is 6.03 Å². The van der Waals surface area contributed by atoms with Crippen LogP contribution in [0.25, 0.3) is 0 Å². The van der Waals surface area contributed by atoms with E-state index in [4.69, 9.17) is 4.74 Å². The van der Waals surface area contributed by atoms with Crippen LogP contribution < -0.4 is 15.4 Å². The summed E-state index contributed by atoms with van der Waals surface area (Å²) in [5, 5.41) is 15.5. The first-order valence-electron chi connectivity index (χ1n) is 8.43. The van der Waals surface area contributed by atoms with Crippen LogP contribution in [0, 0.1) is 5.92 Å². The van der Waals surface area contributed by atoms with Crippen LogP contribution in [-0.2, 0) is 6.42 Å². The van der Waals surface area contributed by atoms with E-state index in [1.54, 1.807) is 0 Å². The standard InChI is InChI=1S/C18H28N2O3/c1-14(2)12-23-16-6-4-15(5-7-16)8-11-19-17(21)20-13-18(22)9-3-10-18/h4-7,14,22H,3,8-13H2,1-2H3,(H2,19,20,21). The summed E-state index contributed by atoms with van der Waals surface area (Å²) in [6, 6.07) is 7.74. The Hall–Kier alpha value is -1.75. The van der Waals surface area contributed by atoms with Crippen molar-refractivity contribution in [2.24, 2.45) is 5.92 Å². The van der Waals surface area contributed by atoms with Gasteiger partial charge in [-0.3, -0.25) is 0 Å². The monoisotopic (exact) mass is 320 g/mol. The highest BCUT2D eigenvalue weighted by molar-refractivity contribution is 5.73. The fourth-order valence-electron chi connectivity index (χ4n) is 2.40. The lowest BCUT2D eigenvalue weighted by molar-refractivity contribution is -0.0290. The van der Waals surface area contributed by atoms with Crippen molar-refractivity contribution >= 4 is 6.03 Å². The summed E-state index contributed by atoms with van der Waals surface area (Å²) in [4.78, 5) is 11.7. The van der Waals surface area contributed by atoms with Gasteiger partial charge in [0.05, 0.1) is 12.2 Å². The van der Waals surface area contributed by atoms with Crippen molar-refractivity contribution in [1.29, 1.82) is 0 Å². The fraction of sp³-hybridized carbons (Fsp3) is 0.611. The first-order chi connectivity index (χ1) is 11.0. The van der Waals surface area contributed by atoms with E-state index in [0.29, 0.717) is 25.6 Å². The van der Waals surface area contributed by atoms with Crippen LogP contribution in [0.4, 0.5) is 4.79 Å². The van der Waals surface area contributed by atoms with E-state index in [1.165, 1.54) is 0 Å². The van der Waals surface area contributed by atoms with Crippen molar-refractivity contribution in [2.75, 3.05) is 19.7 Å². The van der Waals surface area contributed by atoms with Gasteiger partial charge in [0.2, 0.25) is 0 Å². The third kappa shape index (κ3) is 6.10. The van der Waals surface area contributed by atoms with Crippen LogP contribution >= 0.6 is 0 Å². The molecule has 0 spiro atoms. The van der Waals surface area contributed by atoms with Gasteiger partial charge in [-0.25, -0.2) is 4.79 Å². The zero-order valence-corrected chi connectivity index (χ0v) is 14.1. The van der Waals surface area contributed by atoms with E-state index >= 15 is 0 Å². The summed E-state index contributed by atoms with van der Waals surface area (Å²) in [7, 11) is 0. The van der Waals surface area contributed by atoms with Gasteiger partial charge in [-0.1, -0.05) is 26.0 Å². The predicted molar refractivity (Wildman–Crippen MR) is 90.7 cm³/mol. The van der Waals surface area contributed by atoms with E-state index in [0.717, 1.165) is 37.0 Å². The minimum atomic E-state index is -0.677. The molecule has 1 fully saturated rings. The van der Waals surface area contributed by atoms with Gasteiger partial charge in [-0.05, 0) is 49.3 Å². The number of amides is 2. The van der Waals surface area contributed by atoms with Gasteiger partial charge in [0, 0.05) is 13.1 Å². The number of benzene rings is 1. The Morgan fingerprint density at radius 1 is 1.26 bits per heavy atom. The zero-order valence-electron chi connectivity index (χ0n) is 14.1. The molecule has 23 heavy (non-hydrogen) atoms. The van der Waals surface area contributed by atoms with Gasteiger partial charge in [0.1, 0.15) is 5.75 Å². The minimum Gasteiger partial charge on any atom is -0.493 e. The smallest absolute Gasteiger partial charge is 0.314 e. The maximum Gasteiger partial charge on any atom is 0.314 e. The number of rotatable bonds is 8. The Morgan fingerprint density at radius 2 is 1.96 bits per heavy atom. The predicted octanol–water partition coefficient (Wildman–Crippen LogP) is 2.48. The van der Waals surface area contributed by atoms with E-state index in [9.17, 15) is 9.90 Å². The lowest BCUT2D eigenvalue weighted by Gasteiger charge is -2.36. The lowest BCUT2D eigenvalue weighted by atomic mass is 9.80. The Labute approximate surface area is 138 Å². The quantitative estimate of drug-likeness (QED) is 0.689. The van der Waals surface area contributed by atoms with E-state index < -0.39 is 5.60 Å². The molecule has 1 aliphatic rings. The number of aliphatic hydroxyl groups is 1. The van der Waals surface area contributed by atoms with Gasteiger partial charge in [-0.15, -0.1) is 0 Å². The molecule has 1 aromatic carbocycles. The number of hydrogen-bond donors (Lipinski definition) is 3. The molecule has 0 aromatic heterocycles. The molecule has 0 atom stereocenters. The molecule has 3 N–H and O–H groups in total. The number of urea groups is 1. The third-order valence-corrected chi connectivity index (χ3v) is 4.07. The molecule has 2 rings (SSSR count). The van der Waals surface area contributed by atoms with E-state index in [2.05, 4.69) is 24.5 Å². The molecule has 0 saturated heterocycles. The second kappa shape index (κ2) is 8.20. The second-order valence-electron chi connectivity index (χ2n) is 6.79. The average molecular weight is 320 g/mol. The van der Waals surface area contributed by atoms with E-state index in [1.807, 2.05) is 24.3 Å². The molecule has 2 amide bonds. The van der Waals surface area contributed by atoms with Crippen molar-refractivity contribution in [3.8, 4) is 5.75 Å². The van der Waals surface area contributed by atoms with Gasteiger partial charge >= 0.3 is 6.03 Å². The number of ether oxygens (including phenoxy) is 1. The molecule has 0 unspecified atom stereocenters. The molecule has 0 bridgehead atoms. The molecule has 5 heteroatoms. The molecule has 1 aromatic rings. The van der Waals surface area contributed by atoms with Gasteiger partial charge in [0.15, 0.2) is 0 Å². The maximum absolute atomic E-state index is 11.7. The highest BCUT2D eigenvalue weighted by atomic mass is 16.5.